The fourth-order valence-electron chi connectivity index (χ4n) is 1.75. The summed E-state index contributed by atoms with van der Waals surface area (Å²) in [5.74, 6) is 0.431. The molecule has 1 aliphatic heterocycles. The van der Waals surface area contributed by atoms with Gasteiger partial charge in [-0.1, -0.05) is 6.92 Å². The first-order chi connectivity index (χ1) is 6.69. The van der Waals surface area contributed by atoms with Crippen molar-refractivity contribution < 1.29 is 9.90 Å². The Balaban J connectivity index is 2.37. The summed E-state index contributed by atoms with van der Waals surface area (Å²) in [5.41, 5.74) is 5.67. The number of aliphatic hydroxyl groups is 1. The Hall–Kier alpha value is -0.610. The lowest BCUT2D eigenvalue weighted by atomic mass is 9.97. The van der Waals surface area contributed by atoms with Crippen LogP contribution in [-0.2, 0) is 4.79 Å². The third-order valence-corrected chi connectivity index (χ3v) is 2.94. The standard InChI is InChI=1S/C10H20N2O2/c1-2-9(11)10(14)12-5-3-8(7-13)4-6-12/h8-9,13H,2-7,11H2,1H3. The summed E-state index contributed by atoms with van der Waals surface area (Å²) in [6, 6.07) is -0.347. The Morgan fingerprint density at radius 2 is 2.14 bits per heavy atom. The monoisotopic (exact) mass is 200 g/mol. The molecule has 1 unspecified atom stereocenters. The molecule has 4 heteroatoms. The highest BCUT2D eigenvalue weighted by Gasteiger charge is 2.24. The molecule has 0 radical (unpaired) electrons. The summed E-state index contributed by atoms with van der Waals surface area (Å²) in [6.45, 7) is 3.65. The molecule has 1 saturated heterocycles. The molecule has 0 bridgehead atoms. The Morgan fingerprint density at radius 3 is 2.57 bits per heavy atom. The van der Waals surface area contributed by atoms with Crippen molar-refractivity contribution in [3.63, 3.8) is 0 Å². The second-order valence-corrected chi connectivity index (χ2v) is 3.97. The van der Waals surface area contributed by atoms with Gasteiger partial charge in [-0.05, 0) is 25.2 Å². The maximum absolute atomic E-state index is 11.7. The van der Waals surface area contributed by atoms with Crippen LogP contribution in [0.25, 0.3) is 0 Å². The van der Waals surface area contributed by atoms with E-state index in [4.69, 9.17) is 10.8 Å². The fraction of sp³-hybridized carbons (Fsp3) is 0.900. The highest BCUT2D eigenvalue weighted by molar-refractivity contribution is 5.81. The number of carbonyl (C=O) groups is 1. The molecule has 1 rings (SSSR count). The lowest BCUT2D eigenvalue weighted by Crippen LogP contribution is -2.47. The van der Waals surface area contributed by atoms with Gasteiger partial charge in [0.15, 0.2) is 0 Å². The third kappa shape index (κ3) is 2.69. The molecule has 1 atom stereocenters. The van der Waals surface area contributed by atoms with Crippen LogP contribution in [-0.4, -0.2) is 41.7 Å². The van der Waals surface area contributed by atoms with Gasteiger partial charge in [-0.3, -0.25) is 4.79 Å². The van der Waals surface area contributed by atoms with Crippen molar-refractivity contribution in [2.75, 3.05) is 19.7 Å². The normalized spacial score (nSPS) is 20.9. The summed E-state index contributed by atoms with van der Waals surface area (Å²) < 4.78 is 0. The predicted molar refractivity (Wildman–Crippen MR) is 54.7 cm³/mol. The van der Waals surface area contributed by atoms with Crippen molar-refractivity contribution in [2.45, 2.75) is 32.2 Å². The van der Waals surface area contributed by atoms with Gasteiger partial charge in [0.2, 0.25) is 5.91 Å². The molecule has 82 valence electrons. The Kier molecular flexibility index (Phi) is 4.35. The average Bonchev–Trinajstić information content (AvgIpc) is 2.27. The second-order valence-electron chi connectivity index (χ2n) is 3.97. The largest absolute Gasteiger partial charge is 0.396 e. The molecule has 1 heterocycles. The Bertz CT molecular complexity index is 189. The van der Waals surface area contributed by atoms with E-state index in [1.807, 2.05) is 11.8 Å². The van der Waals surface area contributed by atoms with Crippen LogP contribution in [0.15, 0.2) is 0 Å². The van der Waals surface area contributed by atoms with Crippen molar-refractivity contribution in [2.24, 2.45) is 11.7 Å². The van der Waals surface area contributed by atoms with Crippen molar-refractivity contribution in [1.82, 2.24) is 4.90 Å². The lowest BCUT2D eigenvalue weighted by molar-refractivity contribution is -0.134. The summed E-state index contributed by atoms with van der Waals surface area (Å²) in [4.78, 5) is 13.5. The third-order valence-electron chi connectivity index (χ3n) is 2.94. The number of aliphatic hydroxyl groups excluding tert-OH is 1. The van der Waals surface area contributed by atoms with Crippen molar-refractivity contribution in [3.05, 3.63) is 0 Å². The van der Waals surface area contributed by atoms with Crippen LogP contribution < -0.4 is 5.73 Å². The summed E-state index contributed by atoms with van der Waals surface area (Å²) in [5, 5.41) is 8.94. The lowest BCUT2D eigenvalue weighted by Gasteiger charge is -2.32. The molecule has 0 aromatic carbocycles. The first kappa shape index (κ1) is 11.5. The highest BCUT2D eigenvalue weighted by Crippen LogP contribution is 2.16. The van der Waals surface area contributed by atoms with Crippen LogP contribution >= 0.6 is 0 Å². The van der Waals surface area contributed by atoms with Gasteiger partial charge in [0.05, 0.1) is 6.04 Å². The molecule has 1 amide bonds. The Labute approximate surface area is 85.1 Å². The van der Waals surface area contributed by atoms with Gasteiger partial charge in [-0.15, -0.1) is 0 Å². The molecule has 0 aromatic heterocycles. The molecule has 1 fully saturated rings. The predicted octanol–water partition coefficient (Wildman–Crippen LogP) is -0.0454. The van der Waals surface area contributed by atoms with Crippen LogP contribution in [0, 0.1) is 5.92 Å². The smallest absolute Gasteiger partial charge is 0.239 e. The van der Waals surface area contributed by atoms with Crippen molar-refractivity contribution >= 4 is 5.91 Å². The zero-order valence-corrected chi connectivity index (χ0v) is 8.78. The van der Waals surface area contributed by atoms with E-state index in [2.05, 4.69) is 0 Å². The van der Waals surface area contributed by atoms with E-state index >= 15 is 0 Å². The van der Waals surface area contributed by atoms with Gasteiger partial charge in [-0.2, -0.15) is 0 Å². The number of hydrogen-bond donors (Lipinski definition) is 2. The van der Waals surface area contributed by atoms with E-state index < -0.39 is 0 Å². The van der Waals surface area contributed by atoms with Gasteiger partial charge < -0.3 is 15.7 Å². The van der Waals surface area contributed by atoms with Gasteiger partial charge in [-0.25, -0.2) is 0 Å². The van der Waals surface area contributed by atoms with Gasteiger partial charge >= 0.3 is 0 Å². The molecule has 14 heavy (non-hydrogen) atoms. The van der Waals surface area contributed by atoms with E-state index in [0.717, 1.165) is 25.9 Å². The van der Waals surface area contributed by atoms with Crippen LogP contribution in [0.4, 0.5) is 0 Å². The average molecular weight is 200 g/mol. The molecule has 0 spiro atoms. The minimum atomic E-state index is -0.347. The van der Waals surface area contributed by atoms with Crippen LogP contribution in [0.3, 0.4) is 0 Å². The van der Waals surface area contributed by atoms with Crippen LogP contribution in [0.1, 0.15) is 26.2 Å². The number of hydrogen-bond acceptors (Lipinski definition) is 3. The fourth-order valence-corrected chi connectivity index (χ4v) is 1.75. The maximum atomic E-state index is 11.7. The number of carbonyl (C=O) groups excluding carboxylic acids is 1. The number of rotatable bonds is 3. The van der Waals surface area contributed by atoms with Crippen molar-refractivity contribution in [1.29, 1.82) is 0 Å². The Morgan fingerprint density at radius 1 is 1.57 bits per heavy atom. The summed E-state index contributed by atoms with van der Waals surface area (Å²) in [7, 11) is 0. The van der Waals surface area contributed by atoms with E-state index in [-0.39, 0.29) is 18.6 Å². The number of nitrogens with zero attached hydrogens (tertiary/aromatic N) is 1. The first-order valence-electron chi connectivity index (χ1n) is 5.34. The van der Waals surface area contributed by atoms with E-state index in [1.54, 1.807) is 0 Å². The molecule has 0 saturated carbocycles. The number of likely N-dealkylation sites (tertiary alicyclic amines) is 1. The number of nitrogens with two attached hydrogens (primary N) is 1. The zero-order valence-electron chi connectivity index (χ0n) is 8.78. The van der Waals surface area contributed by atoms with Crippen LogP contribution in [0.2, 0.25) is 0 Å². The molecule has 1 aliphatic rings. The topological polar surface area (TPSA) is 66.6 Å². The highest BCUT2D eigenvalue weighted by atomic mass is 16.3. The van der Waals surface area contributed by atoms with Gasteiger partial charge in [0.1, 0.15) is 0 Å². The van der Waals surface area contributed by atoms with Crippen molar-refractivity contribution in [3.8, 4) is 0 Å². The molecule has 0 aliphatic carbocycles. The second kappa shape index (κ2) is 5.32. The van der Waals surface area contributed by atoms with Gasteiger partial charge in [0, 0.05) is 19.7 Å². The summed E-state index contributed by atoms with van der Waals surface area (Å²) >= 11 is 0. The molecular formula is C10H20N2O2. The molecule has 4 nitrogen and oxygen atoms in total. The first-order valence-corrected chi connectivity index (χ1v) is 5.34. The van der Waals surface area contributed by atoms with Crippen LogP contribution in [0.5, 0.6) is 0 Å². The minimum Gasteiger partial charge on any atom is -0.396 e. The van der Waals surface area contributed by atoms with E-state index in [9.17, 15) is 4.79 Å². The zero-order chi connectivity index (χ0) is 10.6. The SMILES string of the molecule is CCC(N)C(=O)N1CCC(CO)CC1. The minimum absolute atomic E-state index is 0.0592. The number of piperidine rings is 1. The summed E-state index contributed by atoms with van der Waals surface area (Å²) in [6.07, 6.45) is 2.50. The number of amides is 1. The van der Waals surface area contributed by atoms with E-state index in [1.165, 1.54) is 0 Å². The van der Waals surface area contributed by atoms with E-state index in [0.29, 0.717) is 12.3 Å². The molecule has 3 N–H and O–H groups in total. The molecule has 0 aromatic rings. The maximum Gasteiger partial charge on any atom is 0.239 e. The molecular weight excluding hydrogens is 180 g/mol. The quantitative estimate of drug-likeness (QED) is 0.671. The van der Waals surface area contributed by atoms with Gasteiger partial charge in [0.25, 0.3) is 0 Å².